The number of hydrogen-bond donors (Lipinski definition) is 0. The molecule has 1 unspecified atom stereocenters. The van der Waals surface area contributed by atoms with E-state index in [1.54, 1.807) is 18.2 Å². The van der Waals surface area contributed by atoms with Crippen LogP contribution in [0.1, 0.15) is 24.7 Å². The van der Waals surface area contributed by atoms with Crippen molar-refractivity contribution < 1.29 is 12.8 Å². The number of rotatable bonds is 3. The zero-order valence-corrected chi connectivity index (χ0v) is 16.3. The lowest BCUT2D eigenvalue weighted by Crippen LogP contribution is -2.09. The molecule has 1 atom stereocenters. The minimum absolute atomic E-state index is 0.0914. The van der Waals surface area contributed by atoms with Crippen LogP contribution < -0.4 is 0 Å². The van der Waals surface area contributed by atoms with Gasteiger partial charge in [-0.05, 0) is 43.0 Å². The Bertz CT molecular complexity index is 1110. The number of furan rings is 1. The van der Waals surface area contributed by atoms with Crippen LogP contribution in [0.5, 0.6) is 0 Å². The van der Waals surface area contributed by atoms with Crippen molar-refractivity contribution in [3.05, 3.63) is 62.5 Å². The number of sulfonamides is 1. The molecule has 1 heterocycles. The lowest BCUT2D eigenvalue weighted by Gasteiger charge is -2.23. The van der Waals surface area contributed by atoms with Crippen LogP contribution in [0.2, 0.25) is 10.0 Å². The van der Waals surface area contributed by atoms with Crippen LogP contribution in [0.15, 0.2) is 45.7 Å². The smallest absolute Gasteiger partial charge is 0.134 e. The van der Waals surface area contributed by atoms with Crippen LogP contribution >= 0.6 is 23.2 Å². The number of fused-ring (bicyclic) bond motifs is 3. The Morgan fingerprint density at radius 2 is 1.96 bits per heavy atom. The van der Waals surface area contributed by atoms with Gasteiger partial charge >= 0.3 is 0 Å². The SMILES string of the molecule is CC1CCc2oc3ccc([N-]S(=O)(=O)c4cc(Cl)ccc4Cl)cc3c2C1. The van der Waals surface area contributed by atoms with E-state index in [0.717, 1.165) is 41.6 Å². The van der Waals surface area contributed by atoms with Crippen LogP contribution in [0.4, 0.5) is 5.69 Å². The predicted octanol–water partition coefficient (Wildman–Crippen LogP) is 6.26. The second kappa shape index (κ2) is 6.48. The van der Waals surface area contributed by atoms with Crippen molar-refractivity contribution in [3.8, 4) is 0 Å². The highest BCUT2D eigenvalue weighted by Gasteiger charge is 2.21. The van der Waals surface area contributed by atoms with Gasteiger partial charge in [-0.2, -0.15) is 0 Å². The number of hydrogen-bond acceptors (Lipinski definition) is 3. The van der Waals surface area contributed by atoms with E-state index in [-0.39, 0.29) is 14.9 Å². The van der Waals surface area contributed by atoms with Gasteiger partial charge in [0.1, 0.15) is 21.4 Å². The highest BCUT2D eigenvalue weighted by atomic mass is 35.5. The number of aryl methyl sites for hydroxylation is 1. The van der Waals surface area contributed by atoms with Gasteiger partial charge in [-0.25, -0.2) is 8.42 Å². The molecule has 0 saturated carbocycles. The minimum Gasteiger partial charge on any atom is -0.573 e. The first-order valence-electron chi connectivity index (χ1n) is 8.31. The largest absolute Gasteiger partial charge is 0.573 e. The molecule has 2 aromatic carbocycles. The molecule has 1 aliphatic rings. The van der Waals surface area contributed by atoms with E-state index in [1.165, 1.54) is 18.2 Å². The monoisotopic (exact) mass is 408 g/mol. The molecule has 0 spiro atoms. The number of halogens is 2. The first kappa shape index (κ1) is 17.7. The summed E-state index contributed by atoms with van der Waals surface area (Å²) in [6, 6.07) is 9.47. The summed E-state index contributed by atoms with van der Waals surface area (Å²) in [4.78, 5) is -0.102. The van der Waals surface area contributed by atoms with Gasteiger partial charge in [0.05, 0.1) is 9.92 Å². The summed E-state index contributed by atoms with van der Waals surface area (Å²) in [6.45, 7) is 2.21. The molecule has 4 nitrogen and oxygen atoms in total. The number of benzene rings is 2. The normalized spacial score (nSPS) is 17.3. The molecule has 0 radical (unpaired) electrons. The average molecular weight is 409 g/mol. The summed E-state index contributed by atoms with van der Waals surface area (Å²) in [5, 5.41) is 1.31. The minimum atomic E-state index is -3.97. The molecule has 4 rings (SSSR count). The van der Waals surface area contributed by atoms with Gasteiger partial charge in [0.25, 0.3) is 0 Å². The van der Waals surface area contributed by atoms with Crippen molar-refractivity contribution in [2.75, 3.05) is 0 Å². The quantitative estimate of drug-likeness (QED) is 0.513. The molecule has 0 saturated heterocycles. The van der Waals surface area contributed by atoms with E-state index in [2.05, 4.69) is 11.6 Å². The summed E-state index contributed by atoms with van der Waals surface area (Å²) in [5.74, 6) is 1.58. The molecule has 26 heavy (non-hydrogen) atoms. The maximum Gasteiger partial charge on any atom is 0.134 e. The Labute approximate surface area is 162 Å². The first-order valence-corrected chi connectivity index (χ1v) is 10.5. The molecule has 1 aliphatic carbocycles. The molecule has 0 aliphatic heterocycles. The van der Waals surface area contributed by atoms with E-state index in [9.17, 15) is 8.42 Å². The van der Waals surface area contributed by atoms with Crippen molar-refractivity contribution in [2.45, 2.75) is 31.1 Å². The van der Waals surface area contributed by atoms with E-state index >= 15 is 0 Å². The first-order chi connectivity index (χ1) is 12.3. The molecule has 0 fully saturated rings. The van der Waals surface area contributed by atoms with Crippen molar-refractivity contribution in [1.82, 2.24) is 0 Å². The average Bonchev–Trinajstić information content (AvgIpc) is 2.94. The predicted molar refractivity (Wildman–Crippen MR) is 104 cm³/mol. The van der Waals surface area contributed by atoms with Crippen molar-refractivity contribution in [2.24, 2.45) is 5.92 Å². The third-order valence-corrected chi connectivity index (χ3v) is 6.69. The standard InChI is InChI=1S/C19H16Cl2NO3S/c1-11-2-6-17-14(8-11)15-10-13(4-7-18(15)25-17)22-26(23,24)19-9-12(20)3-5-16(19)21/h3-5,7,9-11H,2,6,8H2,1H3/q-1. The summed E-state index contributed by atoms with van der Waals surface area (Å²) >= 11 is 11.9. The molecule has 136 valence electrons. The van der Waals surface area contributed by atoms with Crippen molar-refractivity contribution in [1.29, 1.82) is 0 Å². The molecule has 0 bridgehead atoms. The van der Waals surface area contributed by atoms with Crippen LogP contribution in [0.3, 0.4) is 0 Å². The van der Waals surface area contributed by atoms with Crippen LogP contribution in [0, 0.1) is 5.92 Å². The summed E-state index contributed by atoms with van der Waals surface area (Å²) < 4.78 is 35.2. The van der Waals surface area contributed by atoms with E-state index in [0.29, 0.717) is 11.6 Å². The Hall–Kier alpha value is -1.69. The Balaban J connectivity index is 1.73. The Kier molecular flexibility index (Phi) is 4.41. The Morgan fingerprint density at radius 3 is 2.77 bits per heavy atom. The molecule has 7 heteroatoms. The molecule has 0 N–H and O–H groups in total. The zero-order chi connectivity index (χ0) is 18.5. The van der Waals surface area contributed by atoms with Crippen LogP contribution in [-0.4, -0.2) is 8.42 Å². The summed E-state index contributed by atoms with van der Waals surface area (Å²) in [7, 11) is -3.97. The van der Waals surface area contributed by atoms with Gasteiger partial charge in [0, 0.05) is 22.4 Å². The topological polar surface area (TPSA) is 61.4 Å². The maximum absolute atomic E-state index is 12.7. The van der Waals surface area contributed by atoms with E-state index in [4.69, 9.17) is 27.6 Å². The van der Waals surface area contributed by atoms with Gasteiger partial charge in [-0.1, -0.05) is 42.3 Å². The second-order valence-electron chi connectivity index (χ2n) is 6.67. The summed E-state index contributed by atoms with van der Waals surface area (Å²) in [6.07, 6.45) is 2.94. The van der Waals surface area contributed by atoms with Crippen molar-refractivity contribution in [3.63, 3.8) is 0 Å². The van der Waals surface area contributed by atoms with Crippen molar-refractivity contribution >= 4 is 49.9 Å². The van der Waals surface area contributed by atoms with Gasteiger partial charge in [0.2, 0.25) is 0 Å². The fourth-order valence-corrected chi connectivity index (χ4v) is 5.09. The number of nitrogens with zero attached hydrogens (tertiary/aromatic N) is 1. The van der Waals surface area contributed by atoms with Gasteiger partial charge in [-0.3, -0.25) is 0 Å². The van der Waals surface area contributed by atoms with E-state index < -0.39 is 10.0 Å². The third-order valence-electron chi connectivity index (χ3n) is 4.67. The Morgan fingerprint density at radius 1 is 1.15 bits per heavy atom. The molecule has 1 aromatic heterocycles. The molecule has 3 aromatic rings. The fraction of sp³-hybridized carbons (Fsp3) is 0.263. The molecule has 0 amide bonds. The lowest BCUT2D eigenvalue weighted by molar-refractivity contribution is 0.438. The van der Waals surface area contributed by atoms with Crippen LogP contribution in [-0.2, 0) is 22.9 Å². The molecular formula is C19H16Cl2NO3S-. The van der Waals surface area contributed by atoms with Gasteiger partial charge in [0.15, 0.2) is 0 Å². The molecular weight excluding hydrogens is 393 g/mol. The highest BCUT2D eigenvalue weighted by molar-refractivity contribution is 7.94. The van der Waals surface area contributed by atoms with Gasteiger partial charge in [-0.15, -0.1) is 5.69 Å². The third kappa shape index (κ3) is 3.20. The lowest BCUT2D eigenvalue weighted by atomic mass is 9.88. The highest BCUT2D eigenvalue weighted by Crippen LogP contribution is 2.39. The van der Waals surface area contributed by atoms with Crippen LogP contribution in [0.25, 0.3) is 15.7 Å². The summed E-state index contributed by atoms with van der Waals surface area (Å²) in [5.41, 5.74) is 2.27. The zero-order valence-electron chi connectivity index (χ0n) is 14.0. The fourth-order valence-electron chi connectivity index (χ4n) is 3.36. The second-order valence-corrected chi connectivity index (χ2v) is 9.09. The van der Waals surface area contributed by atoms with E-state index in [1.807, 2.05) is 0 Å². The van der Waals surface area contributed by atoms with Gasteiger partial charge < -0.3 is 9.14 Å². The maximum atomic E-state index is 12.7.